The van der Waals surface area contributed by atoms with Crippen molar-refractivity contribution in [2.45, 2.75) is 45.6 Å². The van der Waals surface area contributed by atoms with Crippen molar-refractivity contribution in [2.24, 2.45) is 11.7 Å². The third-order valence-electron chi connectivity index (χ3n) is 4.49. The van der Waals surface area contributed by atoms with Gasteiger partial charge in [0.15, 0.2) is 0 Å². The second kappa shape index (κ2) is 7.41. The number of likely N-dealkylation sites (tertiary alicyclic amines) is 1. The van der Waals surface area contributed by atoms with Gasteiger partial charge in [0, 0.05) is 30.0 Å². The predicted molar refractivity (Wildman–Crippen MR) is 90.2 cm³/mol. The number of amides is 1. The topological polar surface area (TPSA) is 46.3 Å². The van der Waals surface area contributed by atoms with E-state index in [0.29, 0.717) is 12.3 Å². The summed E-state index contributed by atoms with van der Waals surface area (Å²) in [5.74, 6) is 0.849. The molecule has 0 saturated carbocycles. The number of aryl methyl sites for hydroxylation is 2. The Kier molecular flexibility index (Phi) is 5.82. The first kappa shape index (κ1) is 16.5. The molecular weight excluding hydrogens is 328 g/mol. The minimum absolute atomic E-state index is 0.244. The van der Waals surface area contributed by atoms with E-state index in [-0.39, 0.29) is 11.9 Å². The number of carbonyl (C=O) groups is 1. The summed E-state index contributed by atoms with van der Waals surface area (Å²) in [7, 11) is 0. The van der Waals surface area contributed by atoms with Crippen LogP contribution in [0.15, 0.2) is 22.7 Å². The lowest BCUT2D eigenvalue weighted by molar-refractivity contribution is -0.132. The van der Waals surface area contributed by atoms with E-state index in [1.807, 2.05) is 4.90 Å². The summed E-state index contributed by atoms with van der Waals surface area (Å²) in [6.45, 7) is 5.88. The number of nitrogens with zero attached hydrogens (tertiary/aromatic N) is 1. The number of halogens is 1. The Morgan fingerprint density at radius 2 is 2.10 bits per heavy atom. The molecule has 116 valence electrons. The third-order valence-corrected chi connectivity index (χ3v) is 5.38. The molecule has 1 saturated heterocycles. The van der Waals surface area contributed by atoms with Gasteiger partial charge in [-0.05, 0) is 56.2 Å². The monoisotopic (exact) mass is 352 g/mol. The fourth-order valence-electron chi connectivity index (χ4n) is 2.95. The molecule has 1 heterocycles. The second-order valence-corrected chi connectivity index (χ2v) is 7.02. The molecule has 0 aliphatic carbocycles. The van der Waals surface area contributed by atoms with Gasteiger partial charge < -0.3 is 10.6 Å². The van der Waals surface area contributed by atoms with Crippen molar-refractivity contribution >= 4 is 21.8 Å². The Hall–Kier alpha value is -0.870. The van der Waals surface area contributed by atoms with Gasteiger partial charge in [-0.1, -0.05) is 28.1 Å². The molecule has 21 heavy (non-hydrogen) atoms. The zero-order chi connectivity index (χ0) is 15.4. The Labute approximate surface area is 136 Å². The van der Waals surface area contributed by atoms with Crippen molar-refractivity contribution in [3.8, 4) is 0 Å². The van der Waals surface area contributed by atoms with E-state index in [1.165, 1.54) is 11.1 Å². The average molecular weight is 353 g/mol. The largest absolute Gasteiger partial charge is 0.343 e. The second-order valence-electron chi connectivity index (χ2n) is 6.16. The minimum Gasteiger partial charge on any atom is -0.343 e. The molecule has 1 aromatic rings. The highest BCUT2D eigenvalue weighted by molar-refractivity contribution is 9.10. The number of benzene rings is 1. The summed E-state index contributed by atoms with van der Waals surface area (Å²) in [5.41, 5.74) is 8.39. The van der Waals surface area contributed by atoms with E-state index < -0.39 is 0 Å². The van der Waals surface area contributed by atoms with E-state index in [2.05, 4.69) is 48.0 Å². The molecule has 0 spiro atoms. The maximum Gasteiger partial charge on any atom is 0.222 e. The van der Waals surface area contributed by atoms with Crippen LogP contribution < -0.4 is 5.73 Å². The van der Waals surface area contributed by atoms with Gasteiger partial charge in [-0.25, -0.2) is 0 Å². The van der Waals surface area contributed by atoms with Gasteiger partial charge >= 0.3 is 0 Å². The lowest BCUT2D eigenvalue weighted by Gasteiger charge is -2.33. The van der Waals surface area contributed by atoms with Crippen LogP contribution in [0.1, 0.15) is 37.3 Å². The SMILES string of the molecule is Cc1cc(CCC(=O)N2CCC(C(C)N)CC2)ccc1Br. The Morgan fingerprint density at radius 1 is 1.43 bits per heavy atom. The van der Waals surface area contributed by atoms with E-state index in [1.54, 1.807) is 0 Å². The van der Waals surface area contributed by atoms with Gasteiger partial charge in [0.05, 0.1) is 0 Å². The van der Waals surface area contributed by atoms with E-state index >= 15 is 0 Å². The summed E-state index contributed by atoms with van der Waals surface area (Å²) >= 11 is 3.50. The lowest BCUT2D eigenvalue weighted by Crippen LogP contribution is -2.42. The molecule has 1 amide bonds. The van der Waals surface area contributed by atoms with Crippen LogP contribution in [0.3, 0.4) is 0 Å². The van der Waals surface area contributed by atoms with Gasteiger partial charge in [0.25, 0.3) is 0 Å². The van der Waals surface area contributed by atoms with Gasteiger partial charge in [-0.2, -0.15) is 0 Å². The molecule has 1 unspecified atom stereocenters. The maximum absolute atomic E-state index is 12.3. The van der Waals surface area contributed by atoms with Gasteiger partial charge in [0.2, 0.25) is 5.91 Å². The molecule has 2 N–H and O–H groups in total. The molecule has 1 atom stereocenters. The highest BCUT2D eigenvalue weighted by Gasteiger charge is 2.24. The smallest absolute Gasteiger partial charge is 0.222 e. The van der Waals surface area contributed by atoms with Crippen LogP contribution in [0.2, 0.25) is 0 Å². The van der Waals surface area contributed by atoms with Crippen LogP contribution in [0.4, 0.5) is 0 Å². The molecule has 3 nitrogen and oxygen atoms in total. The fraction of sp³-hybridized carbons (Fsp3) is 0.588. The molecule has 1 aromatic carbocycles. The zero-order valence-electron chi connectivity index (χ0n) is 12.9. The number of piperidine rings is 1. The average Bonchev–Trinajstić information content (AvgIpc) is 2.48. The van der Waals surface area contributed by atoms with Gasteiger partial charge in [-0.15, -0.1) is 0 Å². The van der Waals surface area contributed by atoms with Crippen LogP contribution in [0, 0.1) is 12.8 Å². The molecule has 0 aromatic heterocycles. The summed E-state index contributed by atoms with van der Waals surface area (Å²) in [4.78, 5) is 14.3. The van der Waals surface area contributed by atoms with Crippen molar-refractivity contribution in [1.82, 2.24) is 4.90 Å². The quantitative estimate of drug-likeness (QED) is 0.903. The maximum atomic E-state index is 12.3. The molecule has 1 fully saturated rings. The first-order valence-electron chi connectivity index (χ1n) is 7.75. The lowest BCUT2D eigenvalue weighted by atomic mass is 9.91. The number of nitrogens with two attached hydrogens (primary N) is 1. The normalized spacial score (nSPS) is 17.8. The Morgan fingerprint density at radius 3 is 2.67 bits per heavy atom. The van der Waals surface area contributed by atoms with Crippen molar-refractivity contribution in [3.63, 3.8) is 0 Å². The molecule has 4 heteroatoms. The van der Waals surface area contributed by atoms with Gasteiger partial charge in [-0.3, -0.25) is 4.79 Å². The van der Waals surface area contributed by atoms with Crippen LogP contribution >= 0.6 is 15.9 Å². The number of hydrogen-bond donors (Lipinski definition) is 1. The van der Waals surface area contributed by atoms with Crippen LogP contribution in [0.5, 0.6) is 0 Å². The van der Waals surface area contributed by atoms with E-state index in [0.717, 1.165) is 36.8 Å². The first-order valence-corrected chi connectivity index (χ1v) is 8.55. The van der Waals surface area contributed by atoms with Crippen LogP contribution in [0.25, 0.3) is 0 Å². The first-order chi connectivity index (χ1) is 9.97. The fourth-order valence-corrected chi connectivity index (χ4v) is 3.19. The number of rotatable bonds is 4. The molecule has 1 aliphatic heterocycles. The number of hydrogen-bond acceptors (Lipinski definition) is 2. The standard InChI is InChI=1S/C17H25BrN2O/c1-12-11-14(3-5-16(12)18)4-6-17(21)20-9-7-15(8-10-20)13(2)19/h3,5,11,13,15H,4,6-10,19H2,1-2H3. The highest BCUT2D eigenvalue weighted by Crippen LogP contribution is 2.21. The van der Waals surface area contributed by atoms with Crippen LogP contribution in [-0.2, 0) is 11.2 Å². The summed E-state index contributed by atoms with van der Waals surface area (Å²) in [6.07, 6.45) is 3.51. The van der Waals surface area contributed by atoms with Gasteiger partial charge in [0.1, 0.15) is 0 Å². The van der Waals surface area contributed by atoms with E-state index in [4.69, 9.17) is 5.73 Å². The Balaban J connectivity index is 1.81. The van der Waals surface area contributed by atoms with Crippen molar-refractivity contribution in [2.75, 3.05) is 13.1 Å². The molecule has 2 rings (SSSR count). The third kappa shape index (κ3) is 4.55. The van der Waals surface area contributed by atoms with Crippen LogP contribution in [-0.4, -0.2) is 29.9 Å². The minimum atomic E-state index is 0.244. The van der Waals surface area contributed by atoms with Crippen molar-refractivity contribution in [1.29, 1.82) is 0 Å². The summed E-state index contributed by atoms with van der Waals surface area (Å²) in [6, 6.07) is 6.54. The summed E-state index contributed by atoms with van der Waals surface area (Å²) in [5, 5.41) is 0. The Bertz CT molecular complexity index is 494. The molecule has 1 aliphatic rings. The van der Waals surface area contributed by atoms with Crippen molar-refractivity contribution in [3.05, 3.63) is 33.8 Å². The van der Waals surface area contributed by atoms with Crippen molar-refractivity contribution < 1.29 is 4.79 Å². The van der Waals surface area contributed by atoms with E-state index in [9.17, 15) is 4.79 Å². The number of carbonyl (C=O) groups excluding carboxylic acids is 1. The zero-order valence-corrected chi connectivity index (χ0v) is 14.5. The molecule has 0 bridgehead atoms. The summed E-state index contributed by atoms with van der Waals surface area (Å²) < 4.78 is 1.12. The highest BCUT2D eigenvalue weighted by atomic mass is 79.9. The predicted octanol–water partition coefficient (Wildman–Crippen LogP) is 3.28. The molecular formula is C17H25BrN2O. The molecule has 0 radical (unpaired) electrons.